The monoisotopic (exact) mass is 447 g/mol. The summed E-state index contributed by atoms with van der Waals surface area (Å²) in [5, 5.41) is 1.76. The van der Waals surface area contributed by atoms with E-state index in [1.807, 2.05) is 17.0 Å². The van der Waals surface area contributed by atoms with E-state index < -0.39 is 0 Å². The van der Waals surface area contributed by atoms with Gasteiger partial charge in [-0.3, -0.25) is 9.59 Å². The summed E-state index contributed by atoms with van der Waals surface area (Å²) in [7, 11) is 0. The molecule has 2 aliphatic rings. The number of fused-ring (bicyclic) bond motifs is 4. The largest absolute Gasteiger partial charge is 0.369 e. The number of primary amides is 1. The zero-order valence-electron chi connectivity index (χ0n) is 18.0. The summed E-state index contributed by atoms with van der Waals surface area (Å²) < 4.78 is 0. The van der Waals surface area contributed by atoms with Gasteiger partial charge in [-0.1, -0.05) is 36.4 Å². The maximum absolute atomic E-state index is 12.2. The van der Waals surface area contributed by atoms with Gasteiger partial charge >= 0.3 is 0 Å². The molecule has 6 heteroatoms. The molecule has 0 fully saturated rings. The van der Waals surface area contributed by atoms with Gasteiger partial charge in [-0.2, -0.15) is 0 Å². The third-order valence-corrected chi connectivity index (χ3v) is 7.09. The molecule has 2 aromatic carbocycles. The Bertz CT molecular complexity index is 1270. The Morgan fingerprint density at radius 2 is 2.00 bits per heavy atom. The number of aryl methyl sites for hydroxylation is 2. The number of carbonyl (C=O) groups is 2. The highest BCUT2D eigenvalue weighted by Gasteiger charge is 2.27. The number of halogens is 1. The Hall–Kier alpha value is -3.05. The molecule has 0 bridgehead atoms. The molecule has 1 aliphatic heterocycles. The number of H-pyrrole nitrogens is 1. The Labute approximate surface area is 192 Å². The van der Waals surface area contributed by atoms with Crippen molar-refractivity contribution in [2.45, 2.75) is 45.1 Å². The third kappa shape index (κ3) is 3.41. The highest BCUT2D eigenvalue weighted by molar-refractivity contribution is 6.35. The highest BCUT2D eigenvalue weighted by atomic mass is 35.5. The summed E-state index contributed by atoms with van der Waals surface area (Å²) in [6.45, 7) is 4.84. The summed E-state index contributed by atoms with van der Waals surface area (Å²) in [5.41, 5.74) is 14.4. The minimum Gasteiger partial charge on any atom is -0.369 e. The fourth-order valence-corrected chi connectivity index (χ4v) is 5.70. The number of hydrogen-bond acceptors (Lipinski definition) is 2. The summed E-state index contributed by atoms with van der Waals surface area (Å²) in [6, 6.07) is 8.14. The molecule has 3 N–H and O–H groups in total. The molecule has 0 unspecified atom stereocenters. The van der Waals surface area contributed by atoms with Gasteiger partial charge in [-0.25, -0.2) is 0 Å². The van der Waals surface area contributed by atoms with Gasteiger partial charge in [0.2, 0.25) is 11.8 Å². The van der Waals surface area contributed by atoms with E-state index >= 15 is 0 Å². The van der Waals surface area contributed by atoms with Crippen molar-refractivity contribution in [3.8, 4) is 11.1 Å². The van der Waals surface area contributed by atoms with Crippen molar-refractivity contribution >= 4 is 34.3 Å². The first-order valence-electron chi connectivity index (χ1n) is 11.1. The van der Waals surface area contributed by atoms with Crippen LogP contribution in [0.1, 0.15) is 40.8 Å². The second-order valence-corrected chi connectivity index (χ2v) is 9.14. The number of nitrogens with zero attached hydrogens (tertiary/aromatic N) is 1. The van der Waals surface area contributed by atoms with Crippen LogP contribution in [0.5, 0.6) is 0 Å². The SMILES string of the molecule is C=CC(=O)N1CCc2c(cccc2-c2c(Cl)cc(CC(N)=O)c3[nH]c4c(c23)CCCC4)C1. The maximum atomic E-state index is 12.2. The van der Waals surface area contributed by atoms with Crippen LogP contribution in [0.3, 0.4) is 0 Å². The first kappa shape index (κ1) is 20.8. The maximum Gasteiger partial charge on any atom is 0.246 e. The molecule has 0 saturated heterocycles. The van der Waals surface area contributed by atoms with Gasteiger partial charge < -0.3 is 15.6 Å². The number of aromatic amines is 1. The van der Waals surface area contributed by atoms with Crippen LogP contribution in [-0.2, 0) is 41.8 Å². The summed E-state index contributed by atoms with van der Waals surface area (Å²) >= 11 is 6.93. The molecule has 2 amide bonds. The normalized spacial score (nSPS) is 15.3. The van der Waals surface area contributed by atoms with E-state index in [4.69, 9.17) is 17.3 Å². The molecule has 0 radical (unpaired) electrons. The van der Waals surface area contributed by atoms with Crippen LogP contribution < -0.4 is 5.73 Å². The molecule has 0 saturated carbocycles. The standard InChI is InChI=1S/C26H26ClN3O2/c1-2-23(32)30-11-10-17-15(14-30)6-5-8-18(17)24-20(27)12-16(13-22(28)31)26-25(24)19-7-3-4-9-21(19)29-26/h2,5-6,8,12,29H,1,3-4,7,9-11,13-14H2,(H2,28,31). The van der Waals surface area contributed by atoms with Crippen LogP contribution in [0, 0.1) is 0 Å². The number of benzene rings is 2. The van der Waals surface area contributed by atoms with E-state index in [1.54, 1.807) is 0 Å². The number of nitrogens with one attached hydrogen (secondary N) is 1. The van der Waals surface area contributed by atoms with E-state index in [9.17, 15) is 9.59 Å². The Kier molecular flexibility index (Phi) is 5.30. The Morgan fingerprint density at radius 1 is 1.19 bits per heavy atom. The van der Waals surface area contributed by atoms with Crippen LogP contribution in [-0.4, -0.2) is 28.2 Å². The van der Waals surface area contributed by atoms with Crippen molar-refractivity contribution in [3.05, 3.63) is 69.9 Å². The first-order valence-corrected chi connectivity index (χ1v) is 11.5. The lowest BCUT2D eigenvalue weighted by Crippen LogP contribution is -2.34. The van der Waals surface area contributed by atoms with E-state index in [-0.39, 0.29) is 18.2 Å². The zero-order chi connectivity index (χ0) is 22.4. The Morgan fingerprint density at radius 3 is 2.78 bits per heavy atom. The van der Waals surface area contributed by atoms with Gasteiger partial charge in [0.1, 0.15) is 0 Å². The molecule has 5 rings (SSSR count). The summed E-state index contributed by atoms with van der Waals surface area (Å²) in [4.78, 5) is 29.3. The van der Waals surface area contributed by atoms with Crippen LogP contribution in [0.15, 0.2) is 36.9 Å². The number of hydrogen-bond donors (Lipinski definition) is 2. The number of carbonyl (C=O) groups excluding carboxylic acids is 2. The molecule has 3 aromatic rings. The number of rotatable bonds is 4. The van der Waals surface area contributed by atoms with Crippen LogP contribution in [0.25, 0.3) is 22.0 Å². The molecule has 2 heterocycles. The van der Waals surface area contributed by atoms with E-state index in [1.165, 1.54) is 22.9 Å². The fourth-order valence-electron chi connectivity index (χ4n) is 5.37. The fraction of sp³-hybridized carbons (Fsp3) is 0.308. The molecule has 1 aromatic heterocycles. The first-order chi connectivity index (χ1) is 15.5. The van der Waals surface area contributed by atoms with Gasteiger partial charge in [0.15, 0.2) is 0 Å². The van der Waals surface area contributed by atoms with Gasteiger partial charge in [0.25, 0.3) is 0 Å². The molecule has 1 aliphatic carbocycles. The minimum atomic E-state index is -0.369. The van der Waals surface area contributed by atoms with Gasteiger partial charge in [0, 0.05) is 34.8 Å². The van der Waals surface area contributed by atoms with E-state index in [0.717, 1.165) is 65.3 Å². The van der Waals surface area contributed by atoms with Gasteiger partial charge in [-0.05, 0) is 72.1 Å². The minimum absolute atomic E-state index is 0.0445. The molecule has 164 valence electrons. The predicted octanol–water partition coefficient (Wildman–Crippen LogP) is 4.47. The van der Waals surface area contributed by atoms with Gasteiger partial charge in [-0.15, -0.1) is 0 Å². The smallest absolute Gasteiger partial charge is 0.246 e. The van der Waals surface area contributed by atoms with Crippen LogP contribution in [0.4, 0.5) is 0 Å². The third-order valence-electron chi connectivity index (χ3n) is 6.79. The number of aromatic nitrogens is 1. The quantitative estimate of drug-likeness (QED) is 0.579. The second kappa shape index (κ2) is 8.14. The zero-order valence-corrected chi connectivity index (χ0v) is 18.7. The lowest BCUT2D eigenvalue weighted by molar-refractivity contribution is -0.126. The molecule has 0 spiro atoms. The van der Waals surface area contributed by atoms with E-state index in [0.29, 0.717) is 18.1 Å². The van der Waals surface area contributed by atoms with Crippen LogP contribution >= 0.6 is 11.6 Å². The average molecular weight is 448 g/mol. The van der Waals surface area contributed by atoms with Crippen molar-refractivity contribution < 1.29 is 9.59 Å². The second-order valence-electron chi connectivity index (χ2n) is 8.73. The molecule has 5 nitrogen and oxygen atoms in total. The van der Waals surface area contributed by atoms with E-state index in [2.05, 4.69) is 23.7 Å². The molecular formula is C26H26ClN3O2. The van der Waals surface area contributed by atoms with Gasteiger partial charge in [0.05, 0.1) is 11.9 Å². The number of amides is 2. The highest BCUT2D eigenvalue weighted by Crippen LogP contribution is 2.44. The van der Waals surface area contributed by atoms with Crippen molar-refractivity contribution in [1.29, 1.82) is 0 Å². The van der Waals surface area contributed by atoms with Crippen molar-refractivity contribution in [3.63, 3.8) is 0 Å². The number of nitrogens with two attached hydrogens (primary N) is 1. The summed E-state index contributed by atoms with van der Waals surface area (Å²) in [6.07, 6.45) is 6.58. The topological polar surface area (TPSA) is 79.2 Å². The summed E-state index contributed by atoms with van der Waals surface area (Å²) in [5.74, 6) is -0.413. The lowest BCUT2D eigenvalue weighted by atomic mass is 9.86. The molecule has 32 heavy (non-hydrogen) atoms. The predicted molar refractivity (Wildman–Crippen MR) is 128 cm³/mol. The lowest BCUT2D eigenvalue weighted by Gasteiger charge is -2.30. The average Bonchev–Trinajstić information content (AvgIpc) is 3.17. The molecular weight excluding hydrogens is 422 g/mol. The molecule has 0 atom stereocenters. The van der Waals surface area contributed by atoms with Crippen molar-refractivity contribution in [2.24, 2.45) is 5.73 Å². The Balaban J connectivity index is 1.73. The van der Waals surface area contributed by atoms with Crippen molar-refractivity contribution in [2.75, 3.05) is 6.54 Å². The van der Waals surface area contributed by atoms with Crippen LogP contribution in [0.2, 0.25) is 5.02 Å². The van der Waals surface area contributed by atoms with Crippen molar-refractivity contribution in [1.82, 2.24) is 9.88 Å².